The first-order chi connectivity index (χ1) is 16.3. The molecule has 0 bridgehead atoms. The van der Waals surface area contributed by atoms with E-state index in [2.05, 4.69) is 17.2 Å². The van der Waals surface area contributed by atoms with Crippen LogP contribution in [0.25, 0.3) is 0 Å². The van der Waals surface area contributed by atoms with E-state index in [4.69, 9.17) is 9.47 Å². The number of carbonyl (C=O) groups excluding carboxylic acids is 4. The first kappa shape index (κ1) is 29.7. The number of esters is 1. The zero-order valence-corrected chi connectivity index (χ0v) is 21.9. The average molecular weight is 490 g/mol. The fourth-order valence-electron chi connectivity index (χ4n) is 3.51. The van der Waals surface area contributed by atoms with Crippen molar-refractivity contribution in [1.29, 1.82) is 0 Å². The molecule has 0 aliphatic carbocycles. The van der Waals surface area contributed by atoms with E-state index in [1.165, 1.54) is 17.9 Å². The molecule has 0 radical (unpaired) electrons. The van der Waals surface area contributed by atoms with E-state index < -0.39 is 41.6 Å². The number of alkyl carbamates (subject to hydrolysis) is 1. The second kappa shape index (κ2) is 13.5. The summed E-state index contributed by atoms with van der Waals surface area (Å²) >= 11 is 0. The molecule has 0 aromatic heterocycles. The van der Waals surface area contributed by atoms with Crippen molar-refractivity contribution < 1.29 is 28.7 Å². The number of rotatable bonds is 11. The number of nitrogens with zero attached hydrogens (tertiary/aromatic N) is 1. The number of benzene rings is 1. The van der Waals surface area contributed by atoms with Crippen LogP contribution in [-0.4, -0.2) is 60.1 Å². The summed E-state index contributed by atoms with van der Waals surface area (Å²) in [7, 11) is 0. The Labute approximate surface area is 208 Å². The van der Waals surface area contributed by atoms with Gasteiger partial charge in [0.2, 0.25) is 11.8 Å². The van der Waals surface area contributed by atoms with Gasteiger partial charge < -0.3 is 25.0 Å². The molecule has 0 spiro atoms. The quantitative estimate of drug-likeness (QED) is 0.364. The van der Waals surface area contributed by atoms with Gasteiger partial charge in [-0.25, -0.2) is 4.79 Å². The fourth-order valence-corrected chi connectivity index (χ4v) is 3.51. The fraction of sp³-hybridized carbons (Fsp3) is 0.538. The first-order valence-corrected chi connectivity index (χ1v) is 11.7. The topological polar surface area (TPSA) is 114 Å². The van der Waals surface area contributed by atoms with Crippen molar-refractivity contribution in [3.63, 3.8) is 0 Å². The lowest BCUT2D eigenvalue weighted by Gasteiger charge is -2.33. The number of amides is 3. The number of aryl methyl sites for hydroxylation is 2. The summed E-state index contributed by atoms with van der Waals surface area (Å²) in [5.41, 5.74) is 1.73. The lowest BCUT2D eigenvalue weighted by Crippen LogP contribution is -2.52. The van der Waals surface area contributed by atoms with E-state index in [0.29, 0.717) is 5.56 Å². The molecule has 1 aromatic carbocycles. The third kappa shape index (κ3) is 10.2. The van der Waals surface area contributed by atoms with Gasteiger partial charge in [0, 0.05) is 13.1 Å². The molecular weight excluding hydrogens is 450 g/mol. The molecule has 0 fully saturated rings. The molecule has 0 saturated carbocycles. The highest BCUT2D eigenvalue weighted by Gasteiger charge is 2.34. The molecule has 2 N–H and O–H groups in total. The predicted molar refractivity (Wildman–Crippen MR) is 134 cm³/mol. The zero-order valence-electron chi connectivity index (χ0n) is 21.9. The van der Waals surface area contributed by atoms with Gasteiger partial charge in [-0.2, -0.15) is 0 Å². The standard InChI is InChI=1S/C26H39N3O6/c1-9-13-29(24(32)19(5)28-25(33)35-26(6,7)8)22(20-15-17(3)14-18(4)16-20)23(31)27-12-11-21(30)34-10-2/h9,14-16,19,22H,1,10-13H2,2-8H3,(H,27,31)(H,28,33). The van der Waals surface area contributed by atoms with Crippen LogP contribution in [0.15, 0.2) is 30.9 Å². The number of carbonyl (C=O) groups is 4. The summed E-state index contributed by atoms with van der Waals surface area (Å²) in [5, 5.41) is 5.27. The van der Waals surface area contributed by atoms with Gasteiger partial charge >= 0.3 is 12.1 Å². The Morgan fingerprint density at radius 2 is 1.71 bits per heavy atom. The lowest BCUT2D eigenvalue weighted by atomic mass is 9.98. The molecule has 0 aliphatic heterocycles. The molecule has 194 valence electrons. The van der Waals surface area contributed by atoms with Gasteiger partial charge in [0.1, 0.15) is 17.7 Å². The van der Waals surface area contributed by atoms with Gasteiger partial charge in [-0.15, -0.1) is 6.58 Å². The van der Waals surface area contributed by atoms with Crippen molar-refractivity contribution in [3.8, 4) is 0 Å². The number of ether oxygens (including phenoxy) is 2. The number of hydrogen-bond acceptors (Lipinski definition) is 6. The van der Waals surface area contributed by atoms with E-state index in [1.54, 1.807) is 27.7 Å². The largest absolute Gasteiger partial charge is 0.466 e. The third-order valence-electron chi connectivity index (χ3n) is 4.77. The van der Waals surface area contributed by atoms with Crippen LogP contribution in [0.3, 0.4) is 0 Å². The summed E-state index contributed by atoms with van der Waals surface area (Å²) in [6, 6.07) is 3.65. The molecule has 2 atom stereocenters. The zero-order chi connectivity index (χ0) is 26.8. The monoisotopic (exact) mass is 489 g/mol. The van der Waals surface area contributed by atoms with Crippen molar-refractivity contribution in [2.45, 2.75) is 72.6 Å². The molecule has 1 aromatic rings. The van der Waals surface area contributed by atoms with Crippen LogP contribution >= 0.6 is 0 Å². The highest BCUT2D eigenvalue weighted by molar-refractivity contribution is 5.92. The molecule has 9 nitrogen and oxygen atoms in total. The molecular formula is C26H39N3O6. The molecule has 1 rings (SSSR count). The van der Waals surface area contributed by atoms with E-state index in [0.717, 1.165) is 11.1 Å². The number of nitrogens with one attached hydrogen (secondary N) is 2. The minimum Gasteiger partial charge on any atom is -0.466 e. The van der Waals surface area contributed by atoms with Crippen LogP contribution in [0.4, 0.5) is 4.79 Å². The van der Waals surface area contributed by atoms with Gasteiger partial charge in [-0.05, 0) is 54.0 Å². The SMILES string of the molecule is C=CCN(C(=O)C(C)NC(=O)OC(C)(C)C)C(C(=O)NCCC(=O)OCC)c1cc(C)cc(C)c1. The molecule has 35 heavy (non-hydrogen) atoms. The molecule has 0 heterocycles. The maximum Gasteiger partial charge on any atom is 0.408 e. The van der Waals surface area contributed by atoms with E-state index in [1.807, 2.05) is 32.0 Å². The summed E-state index contributed by atoms with van der Waals surface area (Å²) in [5.74, 6) is -1.37. The Balaban J connectivity index is 3.25. The highest BCUT2D eigenvalue weighted by Crippen LogP contribution is 2.25. The summed E-state index contributed by atoms with van der Waals surface area (Å²) in [6.45, 7) is 16.3. The minimum atomic E-state index is -1.01. The molecule has 3 amide bonds. The predicted octanol–water partition coefficient (Wildman–Crippen LogP) is 3.34. The normalized spacial score (nSPS) is 12.7. The van der Waals surface area contributed by atoms with E-state index in [-0.39, 0.29) is 26.1 Å². The summed E-state index contributed by atoms with van der Waals surface area (Å²) in [6.07, 6.45) is 0.781. The van der Waals surface area contributed by atoms with E-state index >= 15 is 0 Å². The summed E-state index contributed by atoms with van der Waals surface area (Å²) in [4.78, 5) is 52.1. The molecule has 9 heteroatoms. The highest BCUT2D eigenvalue weighted by atomic mass is 16.6. The maximum atomic E-state index is 13.4. The Kier molecular flexibility index (Phi) is 11.5. The molecule has 2 unspecified atom stereocenters. The maximum absolute atomic E-state index is 13.4. The second-order valence-corrected chi connectivity index (χ2v) is 9.32. The van der Waals surface area contributed by atoms with Crippen LogP contribution in [0.1, 0.15) is 63.8 Å². The van der Waals surface area contributed by atoms with Crippen molar-refractivity contribution in [1.82, 2.24) is 15.5 Å². The van der Waals surface area contributed by atoms with Crippen LogP contribution in [0.5, 0.6) is 0 Å². The van der Waals surface area contributed by atoms with Gasteiger partial charge in [0.25, 0.3) is 0 Å². The van der Waals surface area contributed by atoms with Crippen molar-refractivity contribution in [2.24, 2.45) is 0 Å². The minimum absolute atomic E-state index is 0.00511. The average Bonchev–Trinajstić information content (AvgIpc) is 2.70. The lowest BCUT2D eigenvalue weighted by molar-refractivity contribution is -0.144. The Morgan fingerprint density at radius 3 is 2.23 bits per heavy atom. The molecule has 0 aliphatic rings. The van der Waals surface area contributed by atoms with Crippen LogP contribution in [0, 0.1) is 13.8 Å². The van der Waals surface area contributed by atoms with Gasteiger partial charge in [-0.1, -0.05) is 35.4 Å². The van der Waals surface area contributed by atoms with Gasteiger partial charge in [0.15, 0.2) is 0 Å². The Hall–Kier alpha value is -3.36. The summed E-state index contributed by atoms with van der Waals surface area (Å²) < 4.78 is 10.2. The third-order valence-corrected chi connectivity index (χ3v) is 4.77. The Bertz CT molecular complexity index is 902. The van der Waals surface area contributed by atoms with Crippen molar-refractivity contribution in [2.75, 3.05) is 19.7 Å². The van der Waals surface area contributed by atoms with Crippen molar-refractivity contribution in [3.05, 3.63) is 47.5 Å². The van der Waals surface area contributed by atoms with Gasteiger partial charge in [-0.3, -0.25) is 14.4 Å². The van der Waals surface area contributed by atoms with Crippen LogP contribution in [-0.2, 0) is 23.9 Å². The smallest absolute Gasteiger partial charge is 0.408 e. The van der Waals surface area contributed by atoms with E-state index in [9.17, 15) is 19.2 Å². The second-order valence-electron chi connectivity index (χ2n) is 9.32. The van der Waals surface area contributed by atoms with Crippen molar-refractivity contribution >= 4 is 23.9 Å². The van der Waals surface area contributed by atoms with Gasteiger partial charge in [0.05, 0.1) is 13.0 Å². The number of hydrogen-bond donors (Lipinski definition) is 2. The van der Waals surface area contributed by atoms with Crippen LogP contribution < -0.4 is 10.6 Å². The molecule has 0 saturated heterocycles. The Morgan fingerprint density at radius 1 is 1.11 bits per heavy atom. The first-order valence-electron chi connectivity index (χ1n) is 11.7. The van der Waals surface area contributed by atoms with Crippen LogP contribution in [0.2, 0.25) is 0 Å².